The molecule has 0 saturated carbocycles. The molecule has 2 unspecified atom stereocenters. The summed E-state index contributed by atoms with van der Waals surface area (Å²) in [5.74, 6) is -21.6. The van der Waals surface area contributed by atoms with Crippen molar-refractivity contribution >= 4 is 23.5 Å². The van der Waals surface area contributed by atoms with Gasteiger partial charge in [-0.15, -0.1) is 0 Å². The van der Waals surface area contributed by atoms with Crippen LogP contribution in [0.15, 0.2) is 0 Å². The van der Waals surface area contributed by atoms with Gasteiger partial charge in [0.1, 0.15) is 11.6 Å². The molecular weight excluding hydrogens is 606 g/mol. The molecule has 2 N–H and O–H groups in total. The zero-order valence-electron chi connectivity index (χ0n) is 21.0. The summed E-state index contributed by atoms with van der Waals surface area (Å²) < 4.78 is 120. The number of aliphatic hydroxyl groups excluding tert-OH is 2. The van der Waals surface area contributed by atoms with Gasteiger partial charge in [-0.25, -0.2) is 0 Å². The second-order valence-corrected chi connectivity index (χ2v) is 6.88. The second-order valence-electron chi connectivity index (χ2n) is 6.88. The van der Waals surface area contributed by atoms with Crippen molar-refractivity contribution in [2.75, 3.05) is 13.2 Å². The molecule has 0 saturated heterocycles. The van der Waals surface area contributed by atoms with E-state index < -0.39 is 85.2 Å². The third-order valence-electron chi connectivity index (χ3n) is 3.78. The third kappa shape index (κ3) is 19.8. The Labute approximate surface area is 231 Å². The molecule has 0 rings (SSSR count). The number of carboxylic acids is 2. The van der Waals surface area contributed by atoms with E-state index in [0.29, 0.717) is 0 Å². The molecule has 0 aromatic heterocycles. The normalized spacial score (nSPS) is 12.9. The number of ketones is 2. The molecule has 2 atom stereocenters. The van der Waals surface area contributed by atoms with Gasteiger partial charge in [0.05, 0.1) is 36.6 Å². The molecule has 19 heteroatoms. The summed E-state index contributed by atoms with van der Waals surface area (Å²) in [6, 6.07) is 0. The van der Waals surface area contributed by atoms with Crippen molar-refractivity contribution in [2.45, 2.75) is 77.6 Å². The number of carbonyl (C=O) groups excluding carboxylic acids is 4. The first-order valence-corrected chi connectivity index (χ1v) is 10.5. The summed E-state index contributed by atoms with van der Waals surface area (Å²) in [5, 5.41) is 35.6. The van der Waals surface area contributed by atoms with Crippen molar-refractivity contribution < 1.29 is 105 Å². The summed E-state index contributed by atoms with van der Waals surface area (Å²) >= 11 is 0. The molecule has 0 amide bonds. The van der Waals surface area contributed by atoms with Crippen molar-refractivity contribution in [1.29, 1.82) is 0 Å². The number of carboxylic acid groups (broad SMARTS) is 2. The van der Waals surface area contributed by atoms with Crippen LogP contribution in [0.5, 0.6) is 0 Å². The van der Waals surface area contributed by atoms with E-state index in [9.17, 15) is 73.3 Å². The predicted octanol–water partition coefficient (Wildman–Crippen LogP) is 1.83. The Morgan fingerprint density at radius 3 is 0.872 bits per heavy atom. The van der Waals surface area contributed by atoms with Crippen LogP contribution in [0.1, 0.15) is 53.4 Å². The molecule has 0 fully saturated rings. The van der Waals surface area contributed by atoms with Gasteiger partial charge in [-0.05, 0) is 26.7 Å². The van der Waals surface area contributed by atoms with E-state index in [1.165, 1.54) is 13.8 Å². The van der Waals surface area contributed by atoms with Crippen molar-refractivity contribution in [3.8, 4) is 0 Å². The molecule has 39 heavy (non-hydrogen) atoms. The fourth-order valence-electron chi connectivity index (χ4n) is 1.94. The van der Waals surface area contributed by atoms with Crippen LogP contribution in [-0.2, 0) is 40.9 Å². The number of aliphatic carboxylic acids is 2. The number of aliphatic hydroxyl groups is 2. The molecule has 0 aliphatic carbocycles. The number of hydrogen-bond acceptors (Lipinski definition) is 8. The smallest absolute Gasteiger partial charge is 0.549 e. The fraction of sp³-hybridized carbons (Fsp3) is 0.800. The van der Waals surface area contributed by atoms with Crippen LogP contribution in [0, 0.1) is 11.8 Å². The van der Waals surface area contributed by atoms with E-state index >= 15 is 0 Å². The molecule has 0 aromatic rings. The Morgan fingerprint density at radius 1 is 0.590 bits per heavy atom. The quantitative estimate of drug-likeness (QED) is 0.210. The summed E-state index contributed by atoms with van der Waals surface area (Å²) in [6.45, 7) is 6.20. The van der Waals surface area contributed by atoms with Crippen LogP contribution in [0.3, 0.4) is 0 Å². The Kier molecular flexibility index (Phi) is 25.4. The number of hydrogen-bond donors (Lipinski definition) is 2. The number of alkyl halides is 10. The summed E-state index contributed by atoms with van der Waals surface area (Å²) in [7, 11) is 0. The van der Waals surface area contributed by atoms with E-state index in [1.807, 2.05) is 0 Å². The SMILES string of the molecule is CCC(C(=O)[O-])C(=O)CC(F)(F)C(F)(F)F.CCC(C(=O)[O-])C(=O)CC(F)(F)C(F)(F)F.CCO.CCO.[Ti+2]. The average Bonchev–Trinajstić information content (AvgIpc) is 2.67. The Balaban J connectivity index is -0.000000160. The molecule has 230 valence electrons. The van der Waals surface area contributed by atoms with Gasteiger partial charge in [0, 0.05) is 13.2 Å². The molecule has 0 aliphatic rings. The van der Waals surface area contributed by atoms with Crippen molar-refractivity contribution in [1.82, 2.24) is 0 Å². The van der Waals surface area contributed by atoms with Gasteiger partial charge in [-0.3, -0.25) is 9.59 Å². The molecule has 0 heterocycles. The van der Waals surface area contributed by atoms with E-state index in [-0.39, 0.29) is 34.9 Å². The standard InChI is InChI=1S/2C8H9F5O3.2C2H6O.Ti/c2*1-2-4(6(15)16)5(14)3-7(9,10)8(11,12)13;2*1-2-3;/h2*4H,2-3H2,1H3,(H,15,16);2*3H,2H2,1H3;/q;;;;+2/p-2. The maximum atomic E-state index is 12.4. The van der Waals surface area contributed by atoms with Gasteiger partial charge in [0.15, 0.2) is 0 Å². The van der Waals surface area contributed by atoms with E-state index in [4.69, 9.17) is 10.2 Å². The van der Waals surface area contributed by atoms with Crippen LogP contribution >= 0.6 is 0 Å². The molecule has 0 aliphatic heterocycles. The fourth-order valence-corrected chi connectivity index (χ4v) is 1.94. The topological polar surface area (TPSA) is 155 Å². The van der Waals surface area contributed by atoms with Gasteiger partial charge in [-0.2, -0.15) is 43.9 Å². The second kappa shape index (κ2) is 21.0. The summed E-state index contributed by atoms with van der Waals surface area (Å²) in [4.78, 5) is 42.3. The molecule has 0 aromatic carbocycles. The van der Waals surface area contributed by atoms with Gasteiger partial charge in [0.2, 0.25) is 0 Å². The first-order chi connectivity index (χ1) is 16.9. The minimum atomic E-state index is -5.87. The Bertz CT molecular complexity index is 668. The van der Waals surface area contributed by atoms with Gasteiger partial charge in [0.25, 0.3) is 0 Å². The number of rotatable bonds is 10. The maximum absolute atomic E-state index is 12.4. The summed E-state index contributed by atoms with van der Waals surface area (Å²) in [5.41, 5.74) is 0. The summed E-state index contributed by atoms with van der Waals surface area (Å²) in [6.07, 6.45) is -16.9. The Hall–Kier alpha value is -1.79. The van der Waals surface area contributed by atoms with E-state index in [1.54, 1.807) is 13.8 Å². The van der Waals surface area contributed by atoms with Crippen LogP contribution in [0.2, 0.25) is 0 Å². The molecule has 0 spiro atoms. The maximum Gasteiger partial charge on any atom is 2.00 e. The van der Waals surface area contributed by atoms with Crippen molar-refractivity contribution in [3.63, 3.8) is 0 Å². The molecule has 8 nitrogen and oxygen atoms in total. The molecule has 0 radical (unpaired) electrons. The van der Waals surface area contributed by atoms with Crippen LogP contribution < -0.4 is 10.2 Å². The zero-order valence-corrected chi connectivity index (χ0v) is 22.6. The van der Waals surface area contributed by atoms with E-state index in [2.05, 4.69) is 0 Å². The third-order valence-corrected chi connectivity index (χ3v) is 3.78. The first kappa shape index (κ1) is 47.0. The van der Waals surface area contributed by atoms with Crippen LogP contribution in [0.4, 0.5) is 43.9 Å². The average molecular weight is 634 g/mol. The number of carbonyl (C=O) groups is 4. The van der Waals surface area contributed by atoms with Crippen LogP contribution in [-0.4, -0.2) is 71.1 Å². The molecular formula is C20H28F10O8Ti. The van der Waals surface area contributed by atoms with Crippen LogP contribution in [0.25, 0.3) is 0 Å². The Morgan fingerprint density at radius 2 is 0.769 bits per heavy atom. The minimum absolute atomic E-state index is 0. The minimum Gasteiger partial charge on any atom is -0.549 e. The zero-order chi connectivity index (χ0) is 31.7. The monoisotopic (exact) mass is 634 g/mol. The number of Topliss-reactive ketones (excluding diaryl/α,β-unsaturated/α-hetero) is 2. The molecule has 0 bridgehead atoms. The first-order valence-electron chi connectivity index (χ1n) is 10.5. The van der Waals surface area contributed by atoms with E-state index in [0.717, 1.165) is 0 Å². The van der Waals surface area contributed by atoms with Gasteiger partial charge >= 0.3 is 45.9 Å². The predicted molar refractivity (Wildman–Crippen MR) is 104 cm³/mol. The van der Waals surface area contributed by atoms with Gasteiger partial charge in [-0.1, -0.05) is 13.8 Å². The largest absolute Gasteiger partial charge is 2.00 e. The number of halogens is 10. The van der Waals surface area contributed by atoms with Gasteiger partial charge < -0.3 is 30.0 Å². The van der Waals surface area contributed by atoms with Crippen molar-refractivity contribution in [2.24, 2.45) is 11.8 Å². The van der Waals surface area contributed by atoms with Crippen molar-refractivity contribution in [3.05, 3.63) is 0 Å².